The summed E-state index contributed by atoms with van der Waals surface area (Å²) in [6.07, 6.45) is 1.50. The van der Waals surface area contributed by atoms with Crippen molar-refractivity contribution in [3.8, 4) is 0 Å². The van der Waals surface area contributed by atoms with Gasteiger partial charge in [-0.25, -0.2) is 4.98 Å². The Morgan fingerprint density at radius 2 is 2.19 bits per heavy atom. The zero-order chi connectivity index (χ0) is 12.2. The lowest BCUT2D eigenvalue weighted by molar-refractivity contribution is -0.121. The third-order valence-corrected chi connectivity index (χ3v) is 2.38. The van der Waals surface area contributed by atoms with Crippen LogP contribution in [0.5, 0.6) is 0 Å². The highest BCUT2D eigenvalue weighted by molar-refractivity contribution is 6.30. The van der Waals surface area contributed by atoms with E-state index >= 15 is 0 Å². The number of nitrogens with zero attached hydrogens (tertiary/aromatic N) is 1. The second-order valence-corrected chi connectivity index (χ2v) is 4.41. The number of rotatable bonds is 4. The Bertz CT molecular complexity index is 362. The monoisotopic (exact) mass is 241 g/mol. The Morgan fingerprint density at radius 1 is 1.50 bits per heavy atom. The van der Waals surface area contributed by atoms with Gasteiger partial charge in [-0.15, -0.1) is 0 Å². The van der Waals surface area contributed by atoms with Gasteiger partial charge in [0.2, 0.25) is 5.91 Å². The average molecular weight is 242 g/mol. The summed E-state index contributed by atoms with van der Waals surface area (Å²) in [6.45, 7) is 6.33. The first-order valence-electron chi connectivity index (χ1n) is 5.13. The van der Waals surface area contributed by atoms with Crippen LogP contribution >= 0.6 is 11.6 Å². The van der Waals surface area contributed by atoms with Crippen LogP contribution < -0.4 is 10.6 Å². The molecule has 0 aromatic carbocycles. The predicted molar refractivity (Wildman–Crippen MR) is 65.6 cm³/mol. The van der Waals surface area contributed by atoms with Gasteiger partial charge in [-0.1, -0.05) is 18.5 Å². The molecule has 1 amide bonds. The summed E-state index contributed by atoms with van der Waals surface area (Å²) in [5.41, 5.74) is -0.615. The Balaban J connectivity index is 2.67. The summed E-state index contributed by atoms with van der Waals surface area (Å²) in [5, 5.41) is 6.36. The third-order valence-electron chi connectivity index (χ3n) is 2.16. The van der Waals surface area contributed by atoms with E-state index in [-0.39, 0.29) is 5.91 Å². The molecule has 0 atom stereocenters. The summed E-state index contributed by atoms with van der Waals surface area (Å²) < 4.78 is 0. The molecular formula is C11H16ClN3O. The quantitative estimate of drug-likeness (QED) is 0.849. The first-order valence-corrected chi connectivity index (χ1v) is 5.51. The highest BCUT2D eigenvalue weighted by atomic mass is 35.5. The van der Waals surface area contributed by atoms with Crippen molar-refractivity contribution in [1.82, 2.24) is 10.3 Å². The predicted octanol–water partition coefficient (Wildman–Crippen LogP) is 2.06. The Hall–Kier alpha value is -1.13. The van der Waals surface area contributed by atoms with Gasteiger partial charge in [-0.05, 0) is 32.5 Å². The van der Waals surface area contributed by atoms with Gasteiger partial charge in [-0.3, -0.25) is 4.79 Å². The van der Waals surface area contributed by atoms with Crippen molar-refractivity contribution in [2.45, 2.75) is 26.3 Å². The zero-order valence-electron chi connectivity index (χ0n) is 9.67. The van der Waals surface area contributed by atoms with Crippen LogP contribution in [-0.4, -0.2) is 23.0 Å². The molecule has 1 rings (SSSR count). The number of pyridine rings is 1. The van der Waals surface area contributed by atoms with E-state index in [1.807, 2.05) is 20.8 Å². The molecule has 0 unspecified atom stereocenters. The summed E-state index contributed by atoms with van der Waals surface area (Å²) in [6, 6.07) is 3.35. The number of anilines is 1. The number of hydrogen-bond acceptors (Lipinski definition) is 3. The first-order chi connectivity index (χ1) is 7.45. The van der Waals surface area contributed by atoms with Crippen molar-refractivity contribution in [3.05, 3.63) is 23.4 Å². The number of halogens is 1. The molecule has 1 aromatic rings. The molecule has 0 saturated carbocycles. The van der Waals surface area contributed by atoms with E-state index in [0.717, 1.165) is 6.54 Å². The zero-order valence-corrected chi connectivity index (χ0v) is 10.4. The van der Waals surface area contributed by atoms with Crippen molar-refractivity contribution in [1.29, 1.82) is 0 Å². The molecule has 16 heavy (non-hydrogen) atoms. The smallest absolute Gasteiger partial charge is 0.245 e. The van der Waals surface area contributed by atoms with Crippen LogP contribution in [0.25, 0.3) is 0 Å². The standard InChI is InChI=1S/C11H16ClN3O/c1-4-14-11(2,3)10(16)15-9-6-5-8(12)7-13-9/h5-7,14H,4H2,1-3H3,(H,13,15,16). The summed E-state index contributed by atoms with van der Waals surface area (Å²) in [4.78, 5) is 15.9. The van der Waals surface area contributed by atoms with Gasteiger partial charge in [0.25, 0.3) is 0 Å². The molecule has 88 valence electrons. The minimum Gasteiger partial charge on any atom is -0.309 e. The molecule has 1 aromatic heterocycles. The minimum atomic E-state index is -0.615. The maximum Gasteiger partial charge on any atom is 0.245 e. The molecular weight excluding hydrogens is 226 g/mol. The number of carbonyl (C=O) groups is 1. The van der Waals surface area contributed by atoms with Crippen LogP contribution in [0, 0.1) is 0 Å². The second-order valence-electron chi connectivity index (χ2n) is 3.97. The highest BCUT2D eigenvalue weighted by Crippen LogP contribution is 2.11. The number of nitrogens with one attached hydrogen (secondary N) is 2. The van der Waals surface area contributed by atoms with Crippen LogP contribution in [-0.2, 0) is 4.79 Å². The van der Waals surface area contributed by atoms with Crippen molar-refractivity contribution in [2.24, 2.45) is 0 Å². The van der Waals surface area contributed by atoms with E-state index in [2.05, 4.69) is 15.6 Å². The molecule has 0 fully saturated rings. The van der Waals surface area contributed by atoms with Gasteiger partial charge in [0.15, 0.2) is 0 Å². The van der Waals surface area contributed by atoms with E-state index < -0.39 is 5.54 Å². The van der Waals surface area contributed by atoms with Gasteiger partial charge in [0, 0.05) is 6.20 Å². The number of likely N-dealkylation sites (N-methyl/N-ethyl adjacent to an activating group) is 1. The Kier molecular flexibility index (Phi) is 4.26. The topological polar surface area (TPSA) is 54.0 Å². The maximum absolute atomic E-state index is 11.9. The summed E-state index contributed by atoms with van der Waals surface area (Å²) in [5.74, 6) is 0.379. The fraction of sp³-hybridized carbons (Fsp3) is 0.455. The maximum atomic E-state index is 11.9. The number of hydrogen-bond donors (Lipinski definition) is 2. The molecule has 0 aliphatic carbocycles. The van der Waals surface area contributed by atoms with Crippen LogP contribution in [0.1, 0.15) is 20.8 Å². The van der Waals surface area contributed by atoms with Gasteiger partial charge in [0.05, 0.1) is 10.6 Å². The number of carbonyl (C=O) groups excluding carboxylic acids is 1. The van der Waals surface area contributed by atoms with E-state index in [4.69, 9.17) is 11.6 Å². The van der Waals surface area contributed by atoms with Crippen molar-refractivity contribution >= 4 is 23.3 Å². The lowest BCUT2D eigenvalue weighted by Gasteiger charge is -2.24. The van der Waals surface area contributed by atoms with Crippen LogP contribution in [0.3, 0.4) is 0 Å². The molecule has 5 heteroatoms. The molecule has 0 spiro atoms. The molecule has 0 aliphatic heterocycles. The van der Waals surface area contributed by atoms with Crippen LogP contribution in [0.2, 0.25) is 5.02 Å². The number of aromatic nitrogens is 1. The van der Waals surface area contributed by atoms with E-state index in [1.165, 1.54) is 6.20 Å². The average Bonchev–Trinajstić information content (AvgIpc) is 2.21. The van der Waals surface area contributed by atoms with Crippen molar-refractivity contribution < 1.29 is 4.79 Å². The van der Waals surface area contributed by atoms with Crippen LogP contribution in [0.15, 0.2) is 18.3 Å². The Labute approximate surface area is 100 Å². The summed E-state index contributed by atoms with van der Waals surface area (Å²) >= 11 is 5.70. The second kappa shape index (κ2) is 5.27. The molecule has 4 nitrogen and oxygen atoms in total. The lowest BCUT2D eigenvalue weighted by atomic mass is 10.0. The van der Waals surface area contributed by atoms with Gasteiger partial charge >= 0.3 is 0 Å². The van der Waals surface area contributed by atoms with E-state index in [9.17, 15) is 4.79 Å². The Morgan fingerprint density at radius 3 is 2.69 bits per heavy atom. The normalized spacial score (nSPS) is 11.2. The summed E-state index contributed by atoms with van der Waals surface area (Å²) in [7, 11) is 0. The molecule has 0 saturated heterocycles. The number of amides is 1. The van der Waals surface area contributed by atoms with Gasteiger partial charge < -0.3 is 10.6 Å². The molecule has 1 heterocycles. The SMILES string of the molecule is CCNC(C)(C)C(=O)Nc1ccc(Cl)cn1. The molecule has 0 bridgehead atoms. The molecule has 0 aliphatic rings. The van der Waals surface area contributed by atoms with Crippen molar-refractivity contribution in [2.75, 3.05) is 11.9 Å². The fourth-order valence-corrected chi connectivity index (χ4v) is 1.36. The van der Waals surface area contributed by atoms with E-state index in [1.54, 1.807) is 12.1 Å². The largest absolute Gasteiger partial charge is 0.309 e. The fourth-order valence-electron chi connectivity index (χ4n) is 1.24. The molecule has 2 N–H and O–H groups in total. The van der Waals surface area contributed by atoms with Crippen molar-refractivity contribution in [3.63, 3.8) is 0 Å². The van der Waals surface area contributed by atoms with Gasteiger partial charge in [0.1, 0.15) is 5.82 Å². The molecule has 0 radical (unpaired) electrons. The lowest BCUT2D eigenvalue weighted by Crippen LogP contribution is -2.49. The first kappa shape index (κ1) is 12.9. The highest BCUT2D eigenvalue weighted by Gasteiger charge is 2.26. The van der Waals surface area contributed by atoms with E-state index in [0.29, 0.717) is 10.8 Å². The van der Waals surface area contributed by atoms with Gasteiger partial charge in [-0.2, -0.15) is 0 Å². The third kappa shape index (κ3) is 3.47. The minimum absolute atomic E-state index is 0.121. The van der Waals surface area contributed by atoms with Crippen LogP contribution in [0.4, 0.5) is 5.82 Å².